The van der Waals surface area contributed by atoms with Crippen molar-refractivity contribution in [1.82, 2.24) is 0 Å². The number of aliphatic hydroxyl groups excluding tert-OH is 1. The summed E-state index contributed by atoms with van der Waals surface area (Å²) in [6.07, 6.45) is 83.6. The summed E-state index contributed by atoms with van der Waals surface area (Å²) in [4.78, 5) is 73.0. The number of phosphoric acid groups is 2. The summed E-state index contributed by atoms with van der Waals surface area (Å²) in [7, 11) is -9.98. The summed E-state index contributed by atoms with van der Waals surface area (Å²) in [5.41, 5.74) is 0. The summed E-state index contributed by atoms with van der Waals surface area (Å²) in [6, 6.07) is 0. The number of aliphatic hydroxyl groups is 1. The largest absolute Gasteiger partial charge is 0.472 e. The minimum atomic E-state index is -4.99. The van der Waals surface area contributed by atoms with Crippen LogP contribution in [0.3, 0.4) is 0 Å². The molecule has 0 aromatic rings. The van der Waals surface area contributed by atoms with Gasteiger partial charge in [-0.25, -0.2) is 9.13 Å². The van der Waals surface area contributed by atoms with E-state index in [-0.39, 0.29) is 25.7 Å². The molecular weight excluding hydrogens is 1350 g/mol. The average Bonchev–Trinajstić information content (AvgIpc) is 0.918. The molecule has 5 atom stereocenters. The van der Waals surface area contributed by atoms with Gasteiger partial charge in [0.05, 0.1) is 26.4 Å². The molecule has 0 aliphatic rings. The third-order valence-electron chi connectivity index (χ3n) is 17.2. The van der Waals surface area contributed by atoms with Crippen molar-refractivity contribution in [3.63, 3.8) is 0 Å². The molecule has 3 N–H and O–H groups in total. The van der Waals surface area contributed by atoms with Crippen LogP contribution in [0.4, 0.5) is 0 Å². The first-order valence-corrected chi connectivity index (χ1v) is 44.1. The fourth-order valence-corrected chi connectivity index (χ4v) is 12.6. The molecule has 0 saturated carbocycles. The van der Waals surface area contributed by atoms with Crippen LogP contribution in [-0.2, 0) is 65.4 Å². The third-order valence-corrected chi connectivity index (χ3v) is 19.1. The van der Waals surface area contributed by atoms with Crippen LogP contribution in [0.5, 0.6) is 0 Å². The highest BCUT2D eigenvalue weighted by atomic mass is 31.2. The lowest BCUT2D eigenvalue weighted by Gasteiger charge is -2.21. The van der Waals surface area contributed by atoms with Gasteiger partial charge in [0.2, 0.25) is 0 Å². The first kappa shape index (κ1) is 99.7. The first-order chi connectivity index (χ1) is 50.7. The fourth-order valence-electron chi connectivity index (χ4n) is 11.0. The highest BCUT2D eigenvalue weighted by molar-refractivity contribution is 7.47. The number of carbonyl (C=O) groups excluding carboxylic acids is 4. The van der Waals surface area contributed by atoms with Gasteiger partial charge < -0.3 is 33.8 Å². The van der Waals surface area contributed by atoms with Crippen LogP contribution < -0.4 is 0 Å². The topological polar surface area (TPSA) is 237 Å². The Kier molecular flexibility index (Phi) is 73.7. The Labute approximate surface area is 632 Å². The summed E-state index contributed by atoms with van der Waals surface area (Å²) in [5, 5.41) is 10.6. The molecule has 0 spiro atoms. The molecule has 5 unspecified atom stereocenters. The lowest BCUT2D eigenvalue weighted by molar-refractivity contribution is -0.161. The first-order valence-electron chi connectivity index (χ1n) is 41.1. The van der Waals surface area contributed by atoms with Crippen molar-refractivity contribution < 1.29 is 80.2 Å². The molecule has 17 nitrogen and oxygen atoms in total. The Hall–Kier alpha value is -4.28. The zero-order valence-corrected chi connectivity index (χ0v) is 67.5. The summed E-state index contributed by atoms with van der Waals surface area (Å²) < 4.78 is 68.6. The summed E-state index contributed by atoms with van der Waals surface area (Å²) in [6.45, 7) is 4.67. The predicted octanol–water partition coefficient (Wildman–Crippen LogP) is 24.1. The van der Waals surface area contributed by atoms with Crippen LogP contribution in [0, 0.1) is 0 Å². The minimum absolute atomic E-state index is 0.0370. The van der Waals surface area contributed by atoms with E-state index in [0.29, 0.717) is 32.1 Å². The lowest BCUT2D eigenvalue weighted by atomic mass is 10.0. The maximum absolute atomic E-state index is 13.1. The molecule has 0 aromatic heterocycles. The summed E-state index contributed by atoms with van der Waals surface area (Å²) >= 11 is 0. The highest BCUT2D eigenvalue weighted by Gasteiger charge is 2.30. The Morgan fingerprint density at radius 3 is 0.856 bits per heavy atom. The minimum Gasteiger partial charge on any atom is -0.462 e. The molecule has 0 aliphatic carbocycles. The number of phosphoric ester groups is 2. The Morgan fingerprint density at radius 1 is 0.279 bits per heavy atom. The zero-order chi connectivity index (χ0) is 76.0. The molecule has 600 valence electrons. The molecule has 0 amide bonds. The Bertz CT molecular complexity index is 2390. The van der Waals surface area contributed by atoms with Crippen LogP contribution in [0.1, 0.15) is 349 Å². The average molecular weight is 1500 g/mol. The second kappa shape index (κ2) is 76.9. The maximum atomic E-state index is 13.1. The van der Waals surface area contributed by atoms with Crippen LogP contribution in [0.25, 0.3) is 0 Å². The van der Waals surface area contributed by atoms with Gasteiger partial charge in [-0.2, -0.15) is 0 Å². The lowest BCUT2D eigenvalue weighted by Crippen LogP contribution is -2.30. The SMILES string of the molecule is CC/C=C\C/C=C\C/C=C\C/C=C\C/C=C\C/C=C\CCC(=O)OCC(COP(=O)(O)OCC(O)COP(=O)(O)OCC(COC(=O)CCCCCCC/C=C\C/C=C\CCCCC)OC(=O)CCCCCCC/C=C\CCCCCCCC)OC(=O)CCCCCCCCCCCCCCCCC. The summed E-state index contributed by atoms with van der Waals surface area (Å²) in [5.74, 6) is -2.28. The van der Waals surface area contributed by atoms with Gasteiger partial charge in [0.15, 0.2) is 12.2 Å². The predicted molar refractivity (Wildman–Crippen MR) is 427 cm³/mol. The van der Waals surface area contributed by atoms with E-state index in [4.69, 9.17) is 37.0 Å². The molecule has 0 radical (unpaired) electrons. The van der Waals surface area contributed by atoms with E-state index >= 15 is 0 Å². The van der Waals surface area contributed by atoms with Crippen LogP contribution in [0.2, 0.25) is 0 Å². The van der Waals surface area contributed by atoms with Crippen molar-refractivity contribution >= 4 is 39.5 Å². The number of unbranched alkanes of at least 4 members (excludes halogenated alkanes) is 33. The van der Waals surface area contributed by atoms with Crippen molar-refractivity contribution in [2.45, 2.75) is 367 Å². The number of carbonyl (C=O) groups is 4. The van der Waals surface area contributed by atoms with Crippen molar-refractivity contribution in [2.75, 3.05) is 39.6 Å². The van der Waals surface area contributed by atoms with Gasteiger partial charge in [0, 0.05) is 25.7 Å². The smallest absolute Gasteiger partial charge is 0.462 e. The fraction of sp³-hybridized carbons (Fsp3) is 0.741. The van der Waals surface area contributed by atoms with Gasteiger partial charge in [-0.3, -0.25) is 37.3 Å². The molecule has 0 rings (SSSR count). The monoisotopic (exact) mass is 1500 g/mol. The quantitative estimate of drug-likeness (QED) is 0.0169. The number of allylic oxidation sites excluding steroid dienone is 18. The number of ether oxygens (including phenoxy) is 4. The van der Waals surface area contributed by atoms with E-state index in [1.165, 1.54) is 122 Å². The Morgan fingerprint density at radius 2 is 0.519 bits per heavy atom. The normalized spacial score (nSPS) is 14.4. The standard InChI is InChI=1S/C85H148O17P2/c1-5-9-13-17-21-25-29-33-37-38-39-40-44-46-50-54-58-62-66-70-83(88)96-76-81(102-85(90)72-68-64-60-56-52-48-43-36-32-28-24-20-16-12-8-4)78-100-104(93,94)98-74-79(86)73-97-103(91,92)99-77-80(101-84(89)71-67-63-59-55-51-47-42-35-31-27-23-19-15-11-7-3)75-95-82(87)69-65-61-57-53-49-45-41-34-30-26-22-18-14-10-6-2/h9,13,21-22,25-26,33-35,37,39-42,46,50,58,62,79-81,86H,5-8,10-12,14-20,23-24,27-32,36,38,43-45,47-49,51-57,59-61,63-78H2,1-4H3,(H,91,92)(H,93,94)/b13-9-,25-21-,26-22-,37-33-,40-39-,41-34-,42-35-,50-46-,62-58-. The zero-order valence-electron chi connectivity index (χ0n) is 65.7. The van der Waals surface area contributed by atoms with E-state index in [1.54, 1.807) is 0 Å². The van der Waals surface area contributed by atoms with Gasteiger partial charge >= 0.3 is 39.5 Å². The second-order valence-corrected chi connectivity index (χ2v) is 30.2. The number of esters is 4. The van der Waals surface area contributed by atoms with E-state index in [2.05, 4.69) is 125 Å². The van der Waals surface area contributed by atoms with E-state index in [9.17, 15) is 43.2 Å². The van der Waals surface area contributed by atoms with Gasteiger partial charge in [-0.05, 0) is 122 Å². The van der Waals surface area contributed by atoms with Crippen LogP contribution in [-0.4, -0.2) is 96.7 Å². The van der Waals surface area contributed by atoms with E-state index < -0.39 is 97.5 Å². The second-order valence-electron chi connectivity index (χ2n) is 27.3. The van der Waals surface area contributed by atoms with Crippen molar-refractivity contribution in [2.24, 2.45) is 0 Å². The van der Waals surface area contributed by atoms with Crippen molar-refractivity contribution in [3.8, 4) is 0 Å². The van der Waals surface area contributed by atoms with Gasteiger partial charge in [-0.15, -0.1) is 0 Å². The molecular formula is C85H148O17P2. The van der Waals surface area contributed by atoms with Crippen molar-refractivity contribution in [3.05, 3.63) is 109 Å². The molecule has 19 heteroatoms. The number of hydrogen-bond donors (Lipinski definition) is 3. The molecule has 0 fully saturated rings. The van der Waals surface area contributed by atoms with Crippen molar-refractivity contribution in [1.29, 1.82) is 0 Å². The molecule has 0 bridgehead atoms. The van der Waals surface area contributed by atoms with E-state index in [1.807, 2.05) is 12.2 Å². The molecule has 0 aromatic carbocycles. The molecule has 0 aliphatic heterocycles. The van der Waals surface area contributed by atoms with Crippen LogP contribution >= 0.6 is 15.6 Å². The molecule has 0 heterocycles. The third kappa shape index (κ3) is 75.9. The van der Waals surface area contributed by atoms with Gasteiger partial charge in [-0.1, -0.05) is 310 Å². The van der Waals surface area contributed by atoms with Gasteiger partial charge in [0.1, 0.15) is 19.3 Å². The number of hydrogen-bond acceptors (Lipinski definition) is 15. The Balaban J connectivity index is 5.42. The number of rotatable bonds is 77. The molecule has 104 heavy (non-hydrogen) atoms. The van der Waals surface area contributed by atoms with E-state index in [0.717, 1.165) is 141 Å². The molecule has 0 saturated heterocycles. The van der Waals surface area contributed by atoms with Crippen LogP contribution in [0.15, 0.2) is 109 Å². The maximum Gasteiger partial charge on any atom is 0.472 e. The highest BCUT2D eigenvalue weighted by Crippen LogP contribution is 2.45. The van der Waals surface area contributed by atoms with Gasteiger partial charge in [0.25, 0.3) is 0 Å².